The lowest BCUT2D eigenvalue weighted by Crippen LogP contribution is -2.40. The third kappa shape index (κ3) is 2.74. The minimum Gasteiger partial charge on any atom is -0.481 e. The van der Waals surface area contributed by atoms with Gasteiger partial charge in [-0.15, -0.1) is 0 Å². The Morgan fingerprint density at radius 2 is 1.86 bits per heavy atom. The Kier molecular flexibility index (Phi) is 3.94. The molecule has 4 heteroatoms. The number of carboxylic acid groups (broad SMARTS) is 1. The zero-order valence-corrected chi connectivity index (χ0v) is 13.0. The molecular formula is C18H23NO3. The summed E-state index contributed by atoms with van der Waals surface area (Å²) in [5.74, 6) is -0.783. The number of carboxylic acids is 1. The van der Waals surface area contributed by atoms with Crippen LogP contribution in [0.2, 0.25) is 0 Å². The first-order chi connectivity index (χ1) is 10.6. The number of carbonyl (C=O) groups excluding carboxylic acids is 1. The maximum absolute atomic E-state index is 12.5. The second-order valence-corrected chi connectivity index (χ2v) is 6.70. The van der Waals surface area contributed by atoms with Gasteiger partial charge < -0.3 is 10.0 Å². The van der Waals surface area contributed by atoms with Crippen LogP contribution in [0.3, 0.4) is 0 Å². The van der Waals surface area contributed by atoms with Gasteiger partial charge in [-0.25, -0.2) is 0 Å². The van der Waals surface area contributed by atoms with Gasteiger partial charge in [0.05, 0.1) is 5.92 Å². The van der Waals surface area contributed by atoms with Crippen molar-refractivity contribution in [3.8, 4) is 0 Å². The Morgan fingerprint density at radius 1 is 1.23 bits per heavy atom. The number of hydrogen-bond acceptors (Lipinski definition) is 2. The quantitative estimate of drug-likeness (QED) is 0.930. The summed E-state index contributed by atoms with van der Waals surface area (Å²) >= 11 is 0. The minimum absolute atomic E-state index is 0.0202. The number of hydrogen-bond donors (Lipinski definition) is 1. The summed E-state index contributed by atoms with van der Waals surface area (Å²) in [6.07, 6.45) is 4.58. The standard InChI is InChI=1S/C18H23NO3/c1-2-3-13-4-6-14(7-5-13)16(20)19-10-8-18(9-11-19)12-15(18)17(21)22/h4-7,15H,2-3,8-12H2,1H3,(H,21,22). The third-order valence-corrected chi connectivity index (χ3v) is 5.27. The summed E-state index contributed by atoms with van der Waals surface area (Å²) < 4.78 is 0. The summed E-state index contributed by atoms with van der Waals surface area (Å²) in [5.41, 5.74) is 1.98. The van der Waals surface area contributed by atoms with Crippen molar-refractivity contribution in [1.82, 2.24) is 4.90 Å². The number of rotatable bonds is 4. The van der Waals surface area contributed by atoms with Gasteiger partial charge in [0.1, 0.15) is 0 Å². The SMILES string of the molecule is CCCc1ccc(C(=O)N2CCC3(CC2)CC3C(=O)O)cc1. The van der Waals surface area contributed by atoms with Crippen LogP contribution in [0, 0.1) is 11.3 Å². The van der Waals surface area contributed by atoms with Crippen LogP contribution in [0.25, 0.3) is 0 Å². The molecule has 1 saturated carbocycles. The fourth-order valence-electron chi connectivity index (χ4n) is 3.69. The predicted octanol–water partition coefficient (Wildman–Crippen LogP) is 2.97. The summed E-state index contributed by atoms with van der Waals surface area (Å²) in [6, 6.07) is 7.89. The molecule has 1 aliphatic carbocycles. The molecule has 118 valence electrons. The van der Waals surface area contributed by atoms with Crippen molar-refractivity contribution in [3.05, 3.63) is 35.4 Å². The van der Waals surface area contributed by atoms with Gasteiger partial charge in [-0.2, -0.15) is 0 Å². The van der Waals surface area contributed by atoms with Crippen molar-refractivity contribution >= 4 is 11.9 Å². The summed E-state index contributed by atoms with van der Waals surface area (Å²) in [4.78, 5) is 25.5. The number of carbonyl (C=O) groups is 2. The van der Waals surface area contributed by atoms with Crippen LogP contribution in [-0.2, 0) is 11.2 Å². The molecule has 1 aromatic rings. The lowest BCUT2D eigenvalue weighted by Gasteiger charge is -2.32. The van der Waals surface area contributed by atoms with Crippen molar-refractivity contribution in [1.29, 1.82) is 0 Å². The first kappa shape index (κ1) is 15.1. The van der Waals surface area contributed by atoms with Gasteiger partial charge in [0.25, 0.3) is 5.91 Å². The van der Waals surface area contributed by atoms with Gasteiger partial charge in [0, 0.05) is 18.7 Å². The summed E-state index contributed by atoms with van der Waals surface area (Å²) in [7, 11) is 0. The average Bonchev–Trinajstić information content (AvgIpc) is 3.23. The Morgan fingerprint density at radius 3 is 2.36 bits per heavy atom. The molecule has 2 aliphatic rings. The molecule has 1 N–H and O–H groups in total. The molecule has 1 spiro atoms. The molecule has 1 amide bonds. The van der Waals surface area contributed by atoms with Crippen LogP contribution in [0.4, 0.5) is 0 Å². The van der Waals surface area contributed by atoms with Gasteiger partial charge >= 0.3 is 5.97 Å². The van der Waals surface area contributed by atoms with Gasteiger partial charge in [-0.05, 0) is 48.8 Å². The number of benzene rings is 1. The topological polar surface area (TPSA) is 57.6 Å². The highest BCUT2D eigenvalue weighted by Gasteiger charge is 2.59. The molecular weight excluding hydrogens is 278 g/mol. The lowest BCUT2D eigenvalue weighted by atomic mass is 9.90. The van der Waals surface area contributed by atoms with Crippen molar-refractivity contribution in [3.63, 3.8) is 0 Å². The highest BCUT2D eigenvalue weighted by molar-refractivity contribution is 5.94. The Balaban J connectivity index is 1.59. The fourth-order valence-corrected chi connectivity index (χ4v) is 3.69. The second kappa shape index (κ2) is 5.75. The first-order valence-electron chi connectivity index (χ1n) is 8.17. The van der Waals surface area contributed by atoms with E-state index in [1.165, 1.54) is 5.56 Å². The maximum atomic E-state index is 12.5. The lowest BCUT2D eigenvalue weighted by molar-refractivity contribution is -0.139. The number of amides is 1. The first-order valence-corrected chi connectivity index (χ1v) is 8.17. The Bertz CT molecular complexity index is 570. The molecule has 1 aliphatic heterocycles. The molecule has 0 radical (unpaired) electrons. The van der Waals surface area contributed by atoms with Gasteiger partial charge in [-0.1, -0.05) is 25.5 Å². The van der Waals surface area contributed by atoms with Crippen LogP contribution in [0.15, 0.2) is 24.3 Å². The number of piperidine rings is 1. The van der Waals surface area contributed by atoms with E-state index in [1.54, 1.807) is 0 Å². The van der Waals surface area contributed by atoms with E-state index in [0.717, 1.165) is 37.7 Å². The van der Waals surface area contributed by atoms with Gasteiger partial charge in [0.2, 0.25) is 0 Å². The maximum Gasteiger partial charge on any atom is 0.307 e. The van der Waals surface area contributed by atoms with Crippen molar-refractivity contribution < 1.29 is 14.7 Å². The molecule has 2 fully saturated rings. The Labute approximate surface area is 131 Å². The van der Waals surface area contributed by atoms with Crippen molar-refractivity contribution in [2.45, 2.75) is 39.0 Å². The zero-order chi connectivity index (χ0) is 15.7. The largest absolute Gasteiger partial charge is 0.481 e. The van der Waals surface area contributed by atoms with Crippen LogP contribution in [-0.4, -0.2) is 35.0 Å². The van der Waals surface area contributed by atoms with Gasteiger partial charge in [-0.3, -0.25) is 9.59 Å². The average molecular weight is 301 g/mol. The number of nitrogens with zero attached hydrogens (tertiary/aromatic N) is 1. The van der Waals surface area contributed by atoms with Crippen LogP contribution in [0.5, 0.6) is 0 Å². The zero-order valence-electron chi connectivity index (χ0n) is 13.0. The van der Waals surface area contributed by atoms with E-state index >= 15 is 0 Å². The molecule has 0 aromatic heterocycles. The van der Waals surface area contributed by atoms with E-state index in [2.05, 4.69) is 6.92 Å². The smallest absolute Gasteiger partial charge is 0.307 e. The highest BCUT2D eigenvalue weighted by Crippen LogP contribution is 2.59. The van der Waals surface area contributed by atoms with Crippen LogP contribution >= 0.6 is 0 Å². The van der Waals surface area contributed by atoms with E-state index in [-0.39, 0.29) is 17.2 Å². The molecule has 0 bridgehead atoms. The van der Waals surface area contributed by atoms with E-state index in [4.69, 9.17) is 5.11 Å². The molecule has 1 aromatic carbocycles. The fraction of sp³-hybridized carbons (Fsp3) is 0.556. The normalized spacial score (nSPS) is 22.6. The number of aryl methyl sites for hydroxylation is 1. The molecule has 1 heterocycles. The second-order valence-electron chi connectivity index (χ2n) is 6.70. The van der Waals surface area contributed by atoms with Crippen LogP contribution in [0.1, 0.15) is 48.5 Å². The van der Waals surface area contributed by atoms with E-state index in [0.29, 0.717) is 13.1 Å². The Hall–Kier alpha value is -1.84. The number of likely N-dealkylation sites (tertiary alicyclic amines) is 1. The third-order valence-electron chi connectivity index (χ3n) is 5.27. The molecule has 3 rings (SSSR count). The summed E-state index contributed by atoms with van der Waals surface area (Å²) in [6.45, 7) is 3.50. The van der Waals surface area contributed by atoms with Gasteiger partial charge in [0.15, 0.2) is 0 Å². The van der Waals surface area contributed by atoms with Crippen LogP contribution < -0.4 is 0 Å². The minimum atomic E-state index is -0.675. The van der Waals surface area contributed by atoms with Crippen molar-refractivity contribution in [2.75, 3.05) is 13.1 Å². The molecule has 1 saturated heterocycles. The highest BCUT2D eigenvalue weighted by atomic mass is 16.4. The molecule has 1 unspecified atom stereocenters. The monoisotopic (exact) mass is 301 g/mol. The summed E-state index contributed by atoms with van der Waals surface area (Å²) in [5, 5.41) is 9.11. The van der Waals surface area contributed by atoms with E-state index < -0.39 is 5.97 Å². The predicted molar refractivity (Wildman–Crippen MR) is 83.8 cm³/mol. The molecule has 22 heavy (non-hydrogen) atoms. The van der Waals surface area contributed by atoms with Crippen molar-refractivity contribution in [2.24, 2.45) is 11.3 Å². The van der Waals surface area contributed by atoms with E-state index in [9.17, 15) is 9.59 Å². The molecule has 1 atom stereocenters. The molecule has 4 nitrogen and oxygen atoms in total. The number of aliphatic carboxylic acids is 1. The van der Waals surface area contributed by atoms with E-state index in [1.807, 2.05) is 29.2 Å².